The summed E-state index contributed by atoms with van der Waals surface area (Å²) in [7, 11) is 0. The van der Waals surface area contributed by atoms with E-state index < -0.39 is 0 Å². The highest BCUT2D eigenvalue weighted by molar-refractivity contribution is 6.03. The van der Waals surface area contributed by atoms with E-state index in [2.05, 4.69) is 10.2 Å². The predicted molar refractivity (Wildman–Crippen MR) is 115 cm³/mol. The fourth-order valence-electron chi connectivity index (χ4n) is 4.22. The van der Waals surface area contributed by atoms with Crippen LogP contribution in [0.1, 0.15) is 37.3 Å². The Labute approximate surface area is 169 Å². The van der Waals surface area contributed by atoms with Gasteiger partial charge in [-0.1, -0.05) is 43.2 Å². The molecule has 0 saturated heterocycles. The fourth-order valence-corrected chi connectivity index (χ4v) is 4.22. The Hall–Kier alpha value is -3.47. The molecule has 0 atom stereocenters. The molecule has 0 spiro atoms. The molecule has 5 rings (SSSR count). The van der Waals surface area contributed by atoms with Crippen molar-refractivity contribution in [2.45, 2.75) is 31.6 Å². The van der Waals surface area contributed by atoms with E-state index in [0.29, 0.717) is 11.7 Å². The molecule has 29 heavy (non-hydrogen) atoms. The van der Waals surface area contributed by atoms with Crippen molar-refractivity contribution in [3.05, 3.63) is 72.7 Å². The quantitative estimate of drug-likeness (QED) is 0.488. The number of hydrogen-bond acceptors (Lipinski definition) is 5. The van der Waals surface area contributed by atoms with Gasteiger partial charge in [0, 0.05) is 28.5 Å². The average molecular weight is 382 g/mol. The zero-order valence-corrected chi connectivity index (χ0v) is 16.1. The van der Waals surface area contributed by atoms with E-state index in [0.717, 1.165) is 39.1 Å². The largest absolute Gasteiger partial charge is 0.457 e. The first-order valence-electron chi connectivity index (χ1n) is 10.0. The predicted octanol–water partition coefficient (Wildman–Crippen LogP) is 5.72. The molecular formula is C24H22N4O. The van der Waals surface area contributed by atoms with Crippen molar-refractivity contribution in [2.24, 2.45) is 0 Å². The summed E-state index contributed by atoms with van der Waals surface area (Å²) in [5.41, 5.74) is 9.37. The van der Waals surface area contributed by atoms with Crippen molar-refractivity contribution in [1.29, 1.82) is 0 Å². The first-order chi connectivity index (χ1) is 14.3. The maximum Gasteiger partial charge on any atom is 0.154 e. The number of nitrogens with two attached hydrogens (primary N) is 1. The van der Waals surface area contributed by atoms with Gasteiger partial charge in [-0.2, -0.15) is 5.10 Å². The highest BCUT2D eigenvalue weighted by Gasteiger charge is 2.23. The van der Waals surface area contributed by atoms with Gasteiger partial charge < -0.3 is 10.5 Å². The summed E-state index contributed by atoms with van der Waals surface area (Å²) in [5, 5.41) is 10.2. The molecule has 0 aliphatic heterocycles. The number of nitrogen functional groups attached to an aromatic ring is 1. The molecule has 5 heteroatoms. The molecule has 1 aliphatic carbocycles. The molecule has 2 aromatic carbocycles. The number of para-hydroxylation sites is 1. The lowest BCUT2D eigenvalue weighted by atomic mass is 9.95. The van der Waals surface area contributed by atoms with Crippen molar-refractivity contribution in [1.82, 2.24) is 15.2 Å². The molecular weight excluding hydrogens is 360 g/mol. The van der Waals surface area contributed by atoms with Gasteiger partial charge in [-0.3, -0.25) is 4.98 Å². The Kier molecular flexibility index (Phi) is 4.56. The summed E-state index contributed by atoms with van der Waals surface area (Å²) in [6.07, 6.45) is 8.60. The van der Waals surface area contributed by atoms with E-state index in [1.807, 2.05) is 67.0 Å². The fraction of sp³-hybridized carbons (Fsp3) is 0.208. The van der Waals surface area contributed by atoms with Gasteiger partial charge in [0.05, 0.1) is 11.9 Å². The van der Waals surface area contributed by atoms with E-state index in [9.17, 15) is 0 Å². The molecule has 2 aromatic heterocycles. The van der Waals surface area contributed by atoms with Gasteiger partial charge in [-0.05, 0) is 42.7 Å². The minimum absolute atomic E-state index is 0.448. The molecule has 0 bridgehead atoms. The van der Waals surface area contributed by atoms with Crippen LogP contribution in [-0.4, -0.2) is 15.2 Å². The minimum atomic E-state index is 0.448. The van der Waals surface area contributed by atoms with Crippen LogP contribution in [0.15, 0.2) is 67.0 Å². The Balaban J connectivity index is 1.54. The molecule has 144 valence electrons. The Morgan fingerprint density at radius 1 is 0.862 bits per heavy atom. The number of benzene rings is 2. The SMILES string of the molecule is Nc1nncc2c(C3CCCC3)ncc(-c3ccc(Oc4ccccc4)cc3)c12. The van der Waals surface area contributed by atoms with Crippen LogP contribution in [-0.2, 0) is 0 Å². The maximum absolute atomic E-state index is 6.27. The van der Waals surface area contributed by atoms with Crippen LogP contribution in [0, 0.1) is 0 Å². The van der Waals surface area contributed by atoms with Gasteiger partial charge in [0.2, 0.25) is 0 Å². The molecule has 5 nitrogen and oxygen atoms in total. The minimum Gasteiger partial charge on any atom is -0.457 e. The van der Waals surface area contributed by atoms with Crippen molar-refractivity contribution >= 4 is 16.6 Å². The van der Waals surface area contributed by atoms with Crippen LogP contribution in [0.2, 0.25) is 0 Å². The molecule has 1 saturated carbocycles. The number of hydrogen-bond donors (Lipinski definition) is 1. The van der Waals surface area contributed by atoms with Crippen molar-refractivity contribution in [2.75, 3.05) is 5.73 Å². The van der Waals surface area contributed by atoms with E-state index in [1.54, 1.807) is 0 Å². The lowest BCUT2D eigenvalue weighted by molar-refractivity contribution is 0.483. The number of aromatic nitrogens is 3. The monoisotopic (exact) mass is 382 g/mol. The van der Waals surface area contributed by atoms with E-state index >= 15 is 0 Å². The number of ether oxygens (including phenoxy) is 1. The van der Waals surface area contributed by atoms with E-state index in [-0.39, 0.29) is 0 Å². The molecule has 1 fully saturated rings. The number of pyridine rings is 1. The lowest BCUT2D eigenvalue weighted by Crippen LogP contribution is -2.03. The smallest absolute Gasteiger partial charge is 0.154 e. The number of nitrogens with zero attached hydrogens (tertiary/aromatic N) is 3. The molecule has 0 radical (unpaired) electrons. The van der Waals surface area contributed by atoms with Crippen LogP contribution >= 0.6 is 0 Å². The highest BCUT2D eigenvalue weighted by atomic mass is 16.5. The summed E-state index contributed by atoms with van der Waals surface area (Å²) in [4.78, 5) is 4.84. The molecule has 0 unspecified atom stereocenters. The van der Waals surface area contributed by atoms with Gasteiger partial charge in [-0.25, -0.2) is 0 Å². The van der Waals surface area contributed by atoms with E-state index in [1.165, 1.54) is 25.7 Å². The molecule has 0 amide bonds. The van der Waals surface area contributed by atoms with Crippen LogP contribution in [0.4, 0.5) is 5.82 Å². The second kappa shape index (κ2) is 7.51. The molecule has 2 N–H and O–H groups in total. The van der Waals surface area contributed by atoms with Gasteiger partial charge in [0.15, 0.2) is 5.82 Å². The first-order valence-corrected chi connectivity index (χ1v) is 10.0. The van der Waals surface area contributed by atoms with Crippen molar-refractivity contribution < 1.29 is 4.74 Å². The third-order valence-electron chi connectivity index (χ3n) is 5.64. The van der Waals surface area contributed by atoms with Crippen LogP contribution in [0.5, 0.6) is 11.5 Å². The van der Waals surface area contributed by atoms with Crippen LogP contribution in [0.25, 0.3) is 21.9 Å². The molecule has 4 aromatic rings. The summed E-state index contributed by atoms with van der Waals surface area (Å²) < 4.78 is 5.90. The third kappa shape index (κ3) is 3.40. The van der Waals surface area contributed by atoms with Crippen molar-refractivity contribution in [3.63, 3.8) is 0 Å². The standard InChI is InChI=1S/C24H22N4O/c25-24-22-20(14-26-23(17-6-4-5-7-17)21(22)15-27-28-24)16-10-12-19(13-11-16)29-18-8-2-1-3-9-18/h1-3,8-15,17H,4-7H2,(H2,25,28). The molecule has 2 heterocycles. The average Bonchev–Trinajstić information content (AvgIpc) is 3.29. The first kappa shape index (κ1) is 17.6. The summed E-state index contributed by atoms with van der Waals surface area (Å²) in [5.74, 6) is 2.53. The van der Waals surface area contributed by atoms with Gasteiger partial charge in [-0.15, -0.1) is 5.10 Å². The van der Waals surface area contributed by atoms with E-state index in [4.69, 9.17) is 15.5 Å². The second-order valence-electron chi connectivity index (χ2n) is 7.50. The normalized spacial score (nSPS) is 14.3. The van der Waals surface area contributed by atoms with Gasteiger partial charge in [0.1, 0.15) is 11.5 Å². The number of fused-ring (bicyclic) bond motifs is 1. The third-order valence-corrected chi connectivity index (χ3v) is 5.64. The van der Waals surface area contributed by atoms with Gasteiger partial charge >= 0.3 is 0 Å². The zero-order chi connectivity index (χ0) is 19.6. The Morgan fingerprint density at radius 2 is 1.59 bits per heavy atom. The van der Waals surface area contributed by atoms with Crippen molar-refractivity contribution in [3.8, 4) is 22.6 Å². The second-order valence-corrected chi connectivity index (χ2v) is 7.50. The summed E-state index contributed by atoms with van der Waals surface area (Å²) >= 11 is 0. The highest BCUT2D eigenvalue weighted by Crippen LogP contribution is 2.40. The topological polar surface area (TPSA) is 73.9 Å². The Bertz CT molecular complexity index is 1140. The van der Waals surface area contributed by atoms with Crippen LogP contribution in [0.3, 0.4) is 0 Å². The number of rotatable bonds is 4. The summed E-state index contributed by atoms with van der Waals surface area (Å²) in [6.45, 7) is 0. The number of anilines is 1. The zero-order valence-electron chi connectivity index (χ0n) is 16.1. The van der Waals surface area contributed by atoms with Crippen LogP contribution < -0.4 is 10.5 Å². The maximum atomic E-state index is 6.27. The lowest BCUT2D eigenvalue weighted by Gasteiger charge is -2.15. The summed E-state index contributed by atoms with van der Waals surface area (Å²) in [6, 6.07) is 17.7. The molecule has 1 aliphatic rings. The van der Waals surface area contributed by atoms with Gasteiger partial charge in [0.25, 0.3) is 0 Å². The Morgan fingerprint density at radius 3 is 2.34 bits per heavy atom.